The molecule has 2 saturated heterocycles. The number of ketones is 1. The van der Waals surface area contributed by atoms with Gasteiger partial charge in [0.25, 0.3) is 0 Å². The maximum absolute atomic E-state index is 12.1. The largest absolute Gasteiger partial charge is 0.328 e. The van der Waals surface area contributed by atoms with E-state index < -0.39 is 0 Å². The Hall–Kier alpha value is -0.900. The van der Waals surface area contributed by atoms with Gasteiger partial charge in [-0.15, -0.1) is 0 Å². The summed E-state index contributed by atoms with van der Waals surface area (Å²) < 4.78 is 0. The van der Waals surface area contributed by atoms with Crippen molar-refractivity contribution >= 4 is 11.7 Å². The Kier molecular flexibility index (Phi) is 2.78. The Morgan fingerprint density at radius 3 is 2.56 bits per heavy atom. The smallest absolute Gasteiger partial charge is 0.245 e. The van der Waals surface area contributed by atoms with E-state index in [1.165, 1.54) is 0 Å². The van der Waals surface area contributed by atoms with Crippen molar-refractivity contribution in [3.8, 4) is 0 Å². The van der Waals surface area contributed by atoms with Crippen LogP contribution in [0.2, 0.25) is 0 Å². The van der Waals surface area contributed by atoms with Gasteiger partial charge in [0, 0.05) is 6.54 Å². The predicted molar refractivity (Wildman–Crippen MR) is 61.0 cm³/mol. The topological polar surface area (TPSA) is 49.4 Å². The van der Waals surface area contributed by atoms with E-state index in [4.69, 9.17) is 0 Å². The molecule has 0 radical (unpaired) electrons. The van der Waals surface area contributed by atoms with Gasteiger partial charge in [0.1, 0.15) is 5.54 Å². The van der Waals surface area contributed by atoms with Crippen molar-refractivity contribution in [3.05, 3.63) is 0 Å². The molecule has 4 nitrogen and oxygen atoms in total. The predicted octanol–water partition coefficient (Wildman–Crippen LogP) is 0.564. The van der Waals surface area contributed by atoms with Crippen molar-refractivity contribution in [2.24, 2.45) is 5.92 Å². The first-order chi connectivity index (χ1) is 7.48. The van der Waals surface area contributed by atoms with Gasteiger partial charge in [-0.3, -0.25) is 9.59 Å². The van der Waals surface area contributed by atoms with E-state index in [-0.39, 0.29) is 29.2 Å². The lowest BCUT2D eigenvalue weighted by Crippen LogP contribution is -2.74. The third-order valence-corrected chi connectivity index (χ3v) is 3.74. The van der Waals surface area contributed by atoms with Gasteiger partial charge in [-0.2, -0.15) is 0 Å². The van der Waals surface area contributed by atoms with Gasteiger partial charge in [-0.1, -0.05) is 13.8 Å². The van der Waals surface area contributed by atoms with E-state index in [0.717, 1.165) is 19.4 Å². The zero-order valence-corrected chi connectivity index (χ0v) is 10.2. The number of hydrogen-bond donors (Lipinski definition) is 1. The highest BCUT2D eigenvalue weighted by Gasteiger charge is 2.56. The normalized spacial score (nSPS) is 31.0. The minimum absolute atomic E-state index is 0.0937. The van der Waals surface area contributed by atoms with Crippen LogP contribution in [0.5, 0.6) is 0 Å². The number of nitrogens with zero attached hydrogens (tertiary/aromatic N) is 1. The fourth-order valence-electron chi connectivity index (χ4n) is 3.01. The van der Waals surface area contributed by atoms with Crippen LogP contribution in [0.15, 0.2) is 0 Å². The highest BCUT2D eigenvalue weighted by molar-refractivity contribution is 5.97. The van der Waals surface area contributed by atoms with Crippen molar-refractivity contribution in [2.45, 2.75) is 45.2 Å². The summed E-state index contributed by atoms with van der Waals surface area (Å²) in [6.07, 6.45) is 1.98. The Morgan fingerprint density at radius 1 is 1.50 bits per heavy atom. The Labute approximate surface area is 96.4 Å². The molecule has 16 heavy (non-hydrogen) atoms. The molecule has 0 aromatic rings. The van der Waals surface area contributed by atoms with E-state index in [0.29, 0.717) is 6.54 Å². The van der Waals surface area contributed by atoms with E-state index in [9.17, 15) is 9.59 Å². The van der Waals surface area contributed by atoms with Crippen molar-refractivity contribution in [1.29, 1.82) is 0 Å². The summed E-state index contributed by atoms with van der Waals surface area (Å²) in [6.45, 7) is 7.18. The van der Waals surface area contributed by atoms with Crippen LogP contribution in [0.1, 0.15) is 33.6 Å². The first-order valence-electron chi connectivity index (χ1n) is 6.04. The Bertz CT molecular complexity index is 319. The number of rotatable bonds is 3. The molecule has 2 aliphatic rings. The van der Waals surface area contributed by atoms with Gasteiger partial charge in [0.05, 0.1) is 6.04 Å². The van der Waals surface area contributed by atoms with Gasteiger partial charge >= 0.3 is 0 Å². The van der Waals surface area contributed by atoms with Crippen LogP contribution in [0.4, 0.5) is 0 Å². The highest BCUT2D eigenvalue weighted by atomic mass is 16.2. The minimum atomic E-state index is -0.317. The average Bonchev–Trinajstić information content (AvgIpc) is 2.67. The first-order valence-corrected chi connectivity index (χ1v) is 6.04. The van der Waals surface area contributed by atoms with Crippen LogP contribution in [0.3, 0.4) is 0 Å². The molecule has 0 bridgehead atoms. The van der Waals surface area contributed by atoms with Crippen LogP contribution in [-0.2, 0) is 9.59 Å². The van der Waals surface area contributed by atoms with Crippen molar-refractivity contribution in [2.75, 3.05) is 13.1 Å². The SMILES string of the molecule is CC(=O)C(C(C)C)N1CC2(CCCN2)C1=O. The van der Waals surface area contributed by atoms with Crippen LogP contribution >= 0.6 is 0 Å². The lowest BCUT2D eigenvalue weighted by atomic mass is 9.83. The lowest BCUT2D eigenvalue weighted by Gasteiger charge is -2.50. The van der Waals surface area contributed by atoms with Crippen LogP contribution in [0, 0.1) is 5.92 Å². The van der Waals surface area contributed by atoms with Gasteiger partial charge < -0.3 is 10.2 Å². The van der Waals surface area contributed by atoms with E-state index in [2.05, 4.69) is 5.32 Å². The monoisotopic (exact) mass is 224 g/mol. The van der Waals surface area contributed by atoms with Crippen molar-refractivity contribution < 1.29 is 9.59 Å². The number of nitrogens with one attached hydrogen (secondary N) is 1. The molecule has 0 saturated carbocycles. The molecule has 2 unspecified atom stereocenters. The number of likely N-dealkylation sites (tertiary alicyclic amines) is 1. The summed E-state index contributed by atoms with van der Waals surface area (Å²) in [6, 6.07) is -0.236. The van der Waals surface area contributed by atoms with Gasteiger partial charge in [0.2, 0.25) is 5.91 Å². The standard InChI is InChI=1S/C12H20N2O2/c1-8(2)10(9(3)15)14-7-12(11(14)16)5-4-6-13-12/h8,10,13H,4-7H2,1-3H3. The molecule has 2 aliphatic heterocycles. The molecular weight excluding hydrogens is 204 g/mol. The number of hydrogen-bond acceptors (Lipinski definition) is 3. The third kappa shape index (κ3) is 1.56. The van der Waals surface area contributed by atoms with Crippen LogP contribution in [-0.4, -0.2) is 41.3 Å². The lowest BCUT2D eigenvalue weighted by molar-refractivity contribution is -0.160. The fraction of sp³-hybridized carbons (Fsp3) is 0.833. The molecule has 0 aliphatic carbocycles. The molecule has 2 fully saturated rings. The summed E-state index contributed by atoms with van der Waals surface area (Å²) in [7, 11) is 0. The van der Waals surface area contributed by atoms with Crippen LogP contribution in [0.25, 0.3) is 0 Å². The molecule has 1 spiro atoms. The molecule has 2 atom stereocenters. The number of carbonyl (C=O) groups is 2. The average molecular weight is 224 g/mol. The maximum Gasteiger partial charge on any atom is 0.245 e. The number of β-lactam (4-membered cyclic amide) rings is 1. The first kappa shape index (κ1) is 11.6. The molecule has 2 heterocycles. The van der Waals surface area contributed by atoms with Crippen molar-refractivity contribution in [1.82, 2.24) is 10.2 Å². The van der Waals surface area contributed by atoms with E-state index >= 15 is 0 Å². The van der Waals surface area contributed by atoms with Crippen molar-refractivity contribution in [3.63, 3.8) is 0 Å². The minimum Gasteiger partial charge on any atom is -0.328 e. The Morgan fingerprint density at radius 2 is 2.19 bits per heavy atom. The van der Waals surface area contributed by atoms with E-state index in [1.54, 1.807) is 11.8 Å². The number of carbonyl (C=O) groups excluding carboxylic acids is 2. The number of amides is 1. The summed E-state index contributed by atoms with van der Waals surface area (Å²) in [5.41, 5.74) is -0.317. The number of Topliss-reactive ketones (excluding diaryl/α,β-unsaturated/α-hetero) is 1. The molecular formula is C12H20N2O2. The third-order valence-electron chi connectivity index (χ3n) is 3.74. The zero-order chi connectivity index (χ0) is 11.9. The molecule has 1 amide bonds. The molecule has 0 aromatic heterocycles. The summed E-state index contributed by atoms with van der Waals surface area (Å²) in [5.74, 6) is 0.412. The molecule has 1 N–H and O–H groups in total. The van der Waals surface area contributed by atoms with Crippen LogP contribution < -0.4 is 5.32 Å². The summed E-state index contributed by atoms with van der Waals surface area (Å²) in [5, 5.41) is 3.28. The fourth-order valence-corrected chi connectivity index (χ4v) is 3.01. The summed E-state index contributed by atoms with van der Waals surface area (Å²) in [4.78, 5) is 25.4. The second kappa shape index (κ2) is 3.84. The second-order valence-electron chi connectivity index (χ2n) is 5.34. The second-order valence-corrected chi connectivity index (χ2v) is 5.34. The maximum atomic E-state index is 12.1. The quantitative estimate of drug-likeness (QED) is 0.713. The molecule has 0 aromatic carbocycles. The van der Waals surface area contributed by atoms with Gasteiger partial charge in [-0.25, -0.2) is 0 Å². The molecule has 4 heteroatoms. The van der Waals surface area contributed by atoms with E-state index in [1.807, 2.05) is 13.8 Å². The van der Waals surface area contributed by atoms with Gasteiger partial charge in [0.15, 0.2) is 5.78 Å². The van der Waals surface area contributed by atoms with Gasteiger partial charge in [-0.05, 0) is 32.2 Å². The molecule has 2 rings (SSSR count). The summed E-state index contributed by atoms with van der Waals surface area (Å²) >= 11 is 0. The zero-order valence-electron chi connectivity index (χ0n) is 10.2. The highest BCUT2D eigenvalue weighted by Crippen LogP contribution is 2.34. The Balaban J connectivity index is 2.08. The molecule has 90 valence electrons.